The molecule has 1 heterocycles. The van der Waals surface area contributed by atoms with Gasteiger partial charge in [0.1, 0.15) is 5.82 Å². The van der Waals surface area contributed by atoms with Crippen LogP contribution in [-0.4, -0.2) is 14.9 Å². The quantitative estimate of drug-likeness (QED) is 0.551. The van der Waals surface area contributed by atoms with Gasteiger partial charge in [0.05, 0.1) is 11.0 Å². The first kappa shape index (κ1) is 18.5. The number of nitrogens with zero attached hydrogens (tertiary/aromatic N) is 2. The Morgan fingerprint density at radius 3 is 2.54 bits per heavy atom. The van der Waals surface area contributed by atoms with E-state index in [1.54, 1.807) is 16.8 Å². The summed E-state index contributed by atoms with van der Waals surface area (Å²) in [5.41, 5.74) is 4.32. The number of anilines is 2. The van der Waals surface area contributed by atoms with Gasteiger partial charge in [-0.3, -0.25) is 4.68 Å². The molecule has 0 spiro atoms. The van der Waals surface area contributed by atoms with Crippen LogP contribution in [0.4, 0.5) is 15.9 Å². The summed E-state index contributed by atoms with van der Waals surface area (Å²) in [7, 11) is 0. The number of rotatable bonds is 4. The predicted molar refractivity (Wildman–Crippen MR) is 111 cm³/mol. The largest absolute Gasteiger partial charge is 0.332 e. The molecule has 3 rings (SSSR count). The van der Waals surface area contributed by atoms with Crippen LogP contribution in [0.1, 0.15) is 16.7 Å². The molecule has 26 heavy (non-hydrogen) atoms. The van der Waals surface area contributed by atoms with Crippen LogP contribution in [0.5, 0.6) is 0 Å². The van der Waals surface area contributed by atoms with E-state index in [9.17, 15) is 4.39 Å². The van der Waals surface area contributed by atoms with Crippen molar-refractivity contribution < 1.29 is 4.39 Å². The highest BCUT2D eigenvalue weighted by Crippen LogP contribution is 2.21. The lowest BCUT2D eigenvalue weighted by atomic mass is 10.1. The molecule has 4 nitrogen and oxygen atoms in total. The summed E-state index contributed by atoms with van der Waals surface area (Å²) in [6.07, 6.45) is 1.85. The van der Waals surface area contributed by atoms with Crippen molar-refractivity contribution in [2.24, 2.45) is 0 Å². The van der Waals surface area contributed by atoms with Gasteiger partial charge in [-0.2, -0.15) is 5.10 Å². The van der Waals surface area contributed by atoms with Crippen molar-refractivity contribution in [1.82, 2.24) is 9.78 Å². The molecule has 1 aromatic heterocycles. The van der Waals surface area contributed by atoms with Crippen molar-refractivity contribution >= 4 is 44.8 Å². The first-order valence-electron chi connectivity index (χ1n) is 8.03. The van der Waals surface area contributed by atoms with E-state index < -0.39 is 0 Å². The summed E-state index contributed by atoms with van der Waals surface area (Å²) in [5, 5.41) is 11.2. The van der Waals surface area contributed by atoms with E-state index >= 15 is 0 Å². The number of benzene rings is 2. The first-order chi connectivity index (χ1) is 12.4. The van der Waals surface area contributed by atoms with E-state index in [4.69, 9.17) is 12.2 Å². The highest BCUT2D eigenvalue weighted by molar-refractivity contribution is 9.10. The fourth-order valence-electron chi connectivity index (χ4n) is 2.43. The van der Waals surface area contributed by atoms with Crippen molar-refractivity contribution in [2.45, 2.75) is 20.4 Å². The van der Waals surface area contributed by atoms with Gasteiger partial charge in [-0.25, -0.2) is 4.39 Å². The third kappa shape index (κ3) is 4.68. The maximum atomic E-state index is 13.0. The summed E-state index contributed by atoms with van der Waals surface area (Å²) in [6, 6.07) is 12.4. The summed E-state index contributed by atoms with van der Waals surface area (Å²) in [5.74, 6) is 0.369. The highest BCUT2D eigenvalue weighted by Gasteiger charge is 2.09. The third-order valence-electron chi connectivity index (χ3n) is 3.97. The molecule has 0 aliphatic rings. The fourth-order valence-corrected chi connectivity index (χ4v) is 3.06. The SMILES string of the molecule is Cc1ccc(NC(=S)Nc2nn(Cc3ccc(F)cc3)cc2Br)cc1C. The number of aryl methyl sites for hydroxylation is 2. The number of thiocarbonyl (C=S) groups is 1. The lowest BCUT2D eigenvalue weighted by Crippen LogP contribution is -2.20. The Labute approximate surface area is 165 Å². The fraction of sp³-hybridized carbons (Fsp3) is 0.158. The Morgan fingerprint density at radius 2 is 1.85 bits per heavy atom. The second kappa shape index (κ2) is 7.97. The normalized spacial score (nSPS) is 10.6. The Kier molecular flexibility index (Phi) is 5.68. The topological polar surface area (TPSA) is 41.9 Å². The van der Waals surface area contributed by atoms with Gasteiger partial charge in [-0.05, 0) is 83.0 Å². The van der Waals surface area contributed by atoms with Crippen molar-refractivity contribution in [3.63, 3.8) is 0 Å². The van der Waals surface area contributed by atoms with Crippen molar-refractivity contribution in [1.29, 1.82) is 0 Å². The summed E-state index contributed by atoms with van der Waals surface area (Å²) in [4.78, 5) is 0. The minimum Gasteiger partial charge on any atom is -0.332 e. The highest BCUT2D eigenvalue weighted by atomic mass is 79.9. The lowest BCUT2D eigenvalue weighted by molar-refractivity contribution is 0.624. The molecular weight excluding hydrogens is 415 g/mol. The van der Waals surface area contributed by atoms with E-state index in [1.807, 2.05) is 24.4 Å². The molecule has 2 aromatic carbocycles. The van der Waals surface area contributed by atoms with E-state index in [2.05, 4.69) is 45.5 Å². The zero-order chi connectivity index (χ0) is 18.7. The molecule has 0 saturated heterocycles. The van der Waals surface area contributed by atoms with Gasteiger partial charge in [-0.15, -0.1) is 0 Å². The van der Waals surface area contributed by atoms with E-state index in [0.29, 0.717) is 17.5 Å². The molecule has 0 radical (unpaired) electrons. The van der Waals surface area contributed by atoms with Crippen LogP contribution in [0.15, 0.2) is 53.1 Å². The monoisotopic (exact) mass is 432 g/mol. The minimum absolute atomic E-state index is 0.250. The molecule has 0 saturated carbocycles. The van der Waals surface area contributed by atoms with Crippen LogP contribution in [-0.2, 0) is 6.54 Å². The Hall–Kier alpha value is -2.25. The molecule has 0 aliphatic carbocycles. The second-order valence-corrected chi connectivity index (χ2v) is 7.29. The summed E-state index contributed by atoms with van der Waals surface area (Å²) >= 11 is 8.86. The van der Waals surface area contributed by atoms with Crippen LogP contribution in [0.2, 0.25) is 0 Å². The Morgan fingerprint density at radius 1 is 1.12 bits per heavy atom. The van der Waals surface area contributed by atoms with E-state index in [0.717, 1.165) is 15.7 Å². The van der Waals surface area contributed by atoms with Gasteiger partial charge in [0, 0.05) is 11.9 Å². The molecule has 2 N–H and O–H groups in total. The maximum absolute atomic E-state index is 13.0. The summed E-state index contributed by atoms with van der Waals surface area (Å²) in [6.45, 7) is 4.67. The average molecular weight is 433 g/mol. The van der Waals surface area contributed by atoms with Crippen LogP contribution in [0.3, 0.4) is 0 Å². The number of hydrogen-bond donors (Lipinski definition) is 2. The molecule has 0 atom stereocenters. The molecule has 0 amide bonds. The molecule has 0 aliphatic heterocycles. The maximum Gasteiger partial charge on any atom is 0.176 e. The third-order valence-corrected chi connectivity index (χ3v) is 4.76. The molecule has 3 aromatic rings. The second-order valence-electron chi connectivity index (χ2n) is 6.03. The smallest absolute Gasteiger partial charge is 0.176 e. The zero-order valence-electron chi connectivity index (χ0n) is 14.4. The molecule has 0 bridgehead atoms. The molecule has 0 fully saturated rings. The molecule has 134 valence electrons. The van der Waals surface area contributed by atoms with Crippen molar-refractivity contribution in [3.05, 3.63) is 75.6 Å². The van der Waals surface area contributed by atoms with Gasteiger partial charge < -0.3 is 10.6 Å². The number of halogens is 2. The molecule has 0 unspecified atom stereocenters. The number of nitrogens with one attached hydrogen (secondary N) is 2. The zero-order valence-corrected chi connectivity index (χ0v) is 16.8. The van der Waals surface area contributed by atoms with Crippen LogP contribution >= 0.6 is 28.1 Å². The van der Waals surface area contributed by atoms with Gasteiger partial charge >= 0.3 is 0 Å². The Balaban J connectivity index is 1.65. The standard InChI is InChI=1S/C19H18BrFN4S/c1-12-3-8-16(9-13(12)2)22-19(26)23-18-17(20)11-25(24-18)10-14-4-6-15(21)7-5-14/h3-9,11H,10H2,1-2H3,(H2,22,23,24,26). The first-order valence-corrected chi connectivity index (χ1v) is 9.23. The van der Waals surface area contributed by atoms with Crippen molar-refractivity contribution in [2.75, 3.05) is 10.6 Å². The van der Waals surface area contributed by atoms with Crippen LogP contribution < -0.4 is 10.6 Å². The van der Waals surface area contributed by atoms with Gasteiger partial charge in [0.15, 0.2) is 10.9 Å². The number of hydrogen-bond acceptors (Lipinski definition) is 2. The van der Waals surface area contributed by atoms with Crippen LogP contribution in [0, 0.1) is 19.7 Å². The molecule has 7 heteroatoms. The van der Waals surface area contributed by atoms with E-state index in [-0.39, 0.29) is 5.82 Å². The van der Waals surface area contributed by atoms with E-state index in [1.165, 1.54) is 23.3 Å². The average Bonchev–Trinajstić information content (AvgIpc) is 2.92. The van der Waals surface area contributed by atoms with Gasteiger partial charge in [0.2, 0.25) is 0 Å². The van der Waals surface area contributed by atoms with Gasteiger partial charge in [0.25, 0.3) is 0 Å². The van der Waals surface area contributed by atoms with Crippen LogP contribution in [0.25, 0.3) is 0 Å². The Bertz CT molecular complexity index is 937. The minimum atomic E-state index is -0.250. The summed E-state index contributed by atoms with van der Waals surface area (Å²) < 4.78 is 15.6. The van der Waals surface area contributed by atoms with Gasteiger partial charge in [-0.1, -0.05) is 18.2 Å². The predicted octanol–water partition coefficient (Wildman–Crippen LogP) is 5.26. The number of aromatic nitrogens is 2. The molecular formula is C19H18BrFN4S. The lowest BCUT2D eigenvalue weighted by Gasteiger charge is -2.10. The van der Waals surface area contributed by atoms with Crippen molar-refractivity contribution in [3.8, 4) is 0 Å².